The zero-order chi connectivity index (χ0) is 94.2. The molecule has 5 aliphatic rings. The zero-order valence-electron chi connectivity index (χ0n) is 84.0. The van der Waals surface area contributed by atoms with Crippen molar-refractivity contribution in [2.45, 2.75) is 453 Å². The molecule has 714 valence electrons. The third kappa shape index (κ3) is 40.4. The molecule has 3 unspecified atom stereocenters. The molecule has 5 aliphatic heterocycles. The van der Waals surface area contributed by atoms with Crippen LogP contribution in [0.25, 0.3) is 0 Å². The van der Waals surface area contributed by atoms with Gasteiger partial charge in [-0.2, -0.15) is 6.42 Å². The summed E-state index contributed by atoms with van der Waals surface area (Å²) in [6.07, 6.45) is 10.7. The van der Waals surface area contributed by atoms with Gasteiger partial charge in [0.05, 0.1) is 69.5 Å². The van der Waals surface area contributed by atoms with E-state index in [9.17, 15) is 43.2 Å². The van der Waals surface area contributed by atoms with Gasteiger partial charge in [0.2, 0.25) is 0 Å². The number of hydrogen-bond donors (Lipinski definition) is 0. The number of ketones is 1. The SMILES string of the molecule is Br.C=CCCC(=O)C1COC(C)(C)N1C(=O)OC(C)(C)C.C=CCCC(O[Si](CC)(CC)CC)C1COC(C)(C)N1C(=O)OC(C)(C)C.C=CC[CH2-].CC(C)(C)OC(=O)N1[C@H](C=O)COC1(C)C.CC[Si](CC)(CC)O[C@@H](CCC=O)[C@@H]1COC(C)(C)N1C(=O)OC(C)(C)C.CC[Si](CC)(CC)O[C@H](CCC=O)[C@@H]1COC(C)(C)N1C(=O)OC(C)(C)C.[H-].[Mg+2]. The summed E-state index contributed by atoms with van der Waals surface area (Å²) >= 11 is 0. The fourth-order valence-electron chi connectivity index (χ4n) is 14.7. The van der Waals surface area contributed by atoms with Crippen LogP contribution in [0, 0.1) is 6.92 Å². The summed E-state index contributed by atoms with van der Waals surface area (Å²) in [7, 11) is -5.64. The molecule has 5 heterocycles. The molecule has 0 saturated carbocycles. The van der Waals surface area contributed by atoms with Gasteiger partial charge in [-0.3, -0.25) is 29.3 Å². The number of allylic oxidation sites excluding steroid dienone is 3. The van der Waals surface area contributed by atoms with Crippen LogP contribution in [0.15, 0.2) is 38.0 Å². The van der Waals surface area contributed by atoms with Crippen molar-refractivity contribution in [1.29, 1.82) is 0 Å². The summed E-state index contributed by atoms with van der Waals surface area (Å²) in [4.78, 5) is 116. The van der Waals surface area contributed by atoms with E-state index >= 15 is 0 Å². The van der Waals surface area contributed by atoms with Crippen molar-refractivity contribution in [1.82, 2.24) is 24.5 Å². The van der Waals surface area contributed by atoms with Gasteiger partial charge in [-0.05, 0) is 260 Å². The number of ether oxygens (including phenoxy) is 10. The second-order valence-corrected chi connectivity index (χ2v) is 53.1. The van der Waals surface area contributed by atoms with Crippen molar-refractivity contribution in [2.24, 2.45) is 0 Å². The maximum absolute atomic E-state index is 13.0. The Morgan fingerprint density at radius 2 is 0.618 bits per heavy atom. The number of aldehydes is 3. The first-order valence-electron chi connectivity index (χ1n) is 44.3. The Hall–Kier alpha value is -4.17. The first-order valence-corrected chi connectivity index (χ1v) is 51.9. The molecule has 5 amide bonds. The van der Waals surface area contributed by atoms with Crippen LogP contribution in [0.2, 0.25) is 54.4 Å². The molecule has 0 aromatic rings. The van der Waals surface area contributed by atoms with Gasteiger partial charge in [0.25, 0.3) is 0 Å². The van der Waals surface area contributed by atoms with Crippen LogP contribution in [0.1, 0.15) is 295 Å². The van der Waals surface area contributed by atoms with Crippen LogP contribution < -0.4 is 0 Å². The standard InChI is InChI=1S/C21H41NO4Si.2C20H39NO5Si.C15H25NO4.C11H19NO4.C4H7.BrH.Mg.H/c1-10-14-15-18(26-27(11-2,12-3)13-4)17-16-24-21(8,9)22(17)19(23)25-20(5,6)7;2*1-9-27(10-2,11-3)26-17(13-12-14-22)16-15-24-20(7,8)21(16)18(23)25-19(4,5)6;1-7-8-9-12(17)11-10-19-15(5,6)16(11)13(18)20-14(2,3)4;1-10(2,3)16-9(14)12-8(6-13)7-15-11(12,4)5;1-3-4-2;;;/h10,17-18H,1,11-16H2,2-9H3;2*14,16-17H,9-13,15H2,1-8H3;7,11H,1,8-10H2,2-6H3;6,8H,7H2,1-5H3;3H,1-2,4H2;1H;;/q;;;;;-1;;+2;-1/t;16-,17+;16-,17-;;8-;;;;/m.00.1..../s1. The molecule has 5 rings (SSSR count). The monoisotopic (exact) mass is 1870 g/mol. The van der Waals surface area contributed by atoms with Gasteiger partial charge in [0.1, 0.15) is 87.6 Å². The second-order valence-electron chi connectivity index (χ2n) is 38.9. The van der Waals surface area contributed by atoms with E-state index in [0.29, 0.717) is 64.6 Å². The van der Waals surface area contributed by atoms with Crippen LogP contribution in [-0.2, 0) is 79.8 Å². The molecule has 0 aromatic carbocycles. The molecule has 0 bridgehead atoms. The van der Waals surface area contributed by atoms with Crippen LogP contribution in [-0.4, -0.2) is 266 Å². The topological polar surface area (TPSA) is 290 Å². The van der Waals surface area contributed by atoms with Gasteiger partial charge in [0.15, 0.2) is 30.7 Å². The van der Waals surface area contributed by atoms with E-state index in [0.717, 1.165) is 86.2 Å². The maximum atomic E-state index is 13.0. The number of nitrogens with zero attached hydrogens (tertiary/aromatic N) is 5. The first-order chi connectivity index (χ1) is 55.5. The average molecular weight is 1880 g/mol. The average Bonchev–Trinajstić information content (AvgIpc) is 1.63. The number of carbonyl (C=O) groups excluding carboxylic acids is 9. The summed E-state index contributed by atoms with van der Waals surface area (Å²) in [5.41, 5.74) is -6.81. The Morgan fingerprint density at radius 3 is 0.854 bits per heavy atom. The van der Waals surface area contributed by atoms with Crippen LogP contribution >= 0.6 is 17.0 Å². The Labute approximate surface area is 775 Å². The minimum Gasteiger partial charge on any atom is -1.00 e. The number of rotatable bonds is 33. The maximum Gasteiger partial charge on any atom is 2.00 e. The van der Waals surface area contributed by atoms with Crippen molar-refractivity contribution < 1.29 is 105 Å². The quantitative estimate of drug-likeness (QED) is 0.0194. The van der Waals surface area contributed by atoms with E-state index in [1.807, 2.05) is 110 Å². The van der Waals surface area contributed by atoms with Gasteiger partial charge in [-0.15, -0.1) is 42.8 Å². The number of hydrogen-bond acceptors (Lipinski definition) is 22. The van der Waals surface area contributed by atoms with E-state index in [1.54, 1.807) is 96.1 Å². The molecular weight excluding hydrogens is 1700 g/mol. The molecule has 0 aromatic heterocycles. The third-order valence-corrected chi connectivity index (χ3v) is 35.9. The Balaban J connectivity index is -0.000000720. The molecule has 27 nitrogen and oxygen atoms in total. The van der Waals surface area contributed by atoms with E-state index in [1.165, 1.54) is 9.80 Å². The number of halogens is 1. The summed E-state index contributed by atoms with van der Waals surface area (Å²) < 4.78 is 76.8. The third-order valence-electron chi connectivity index (χ3n) is 21.9. The fourth-order valence-corrected chi connectivity index (χ4v) is 23.5. The van der Waals surface area contributed by atoms with E-state index in [4.69, 9.17) is 60.6 Å². The number of Topliss-reactive ketones (excluding diaryl/α,β-unsaturated/α-hetero) is 1. The zero-order valence-corrected chi connectivity index (χ0v) is 89.1. The minimum atomic E-state index is -1.91. The molecule has 123 heavy (non-hydrogen) atoms. The summed E-state index contributed by atoms with van der Waals surface area (Å²) in [5.74, 6) is -0.0265. The van der Waals surface area contributed by atoms with Crippen molar-refractivity contribution >= 4 is 120 Å². The Bertz CT molecular complexity index is 2980. The van der Waals surface area contributed by atoms with Gasteiger partial charge in [-0.1, -0.05) is 74.5 Å². The smallest absolute Gasteiger partial charge is 1.00 e. The molecule has 8 atom stereocenters. The summed E-state index contributed by atoms with van der Waals surface area (Å²) in [5, 5.41) is 0. The molecule has 0 N–H and O–H groups in total. The van der Waals surface area contributed by atoms with Crippen molar-refractivity contribution in [3.63, 3.8) is 0 Å². The number of carbonyl (C=O) groups is 9. The van der Waals surface area contributed by atoms with Gasteiger partial charge in [-0.25, -0.2) is 24.0 Å². The molecule has 5 fully saturated rings. The van der Waals surface area contributed by atoms with Gasteiger partial charge >= 0.3 is 53.5 Å². The Morgan fingerprint density at radius 1 is 0.390 bits per heavy atom. The van der Waals surface area contributed by atoms with E-state index < -0.39 is 118 Å². The van der Waals surface area contributed by atoms with E-state index in [2.05, 4.69) is 89.0 Å². The molecule has 5 saturated heterocycles. The predicted molar refractivity (Wildman–Crippen MR) is 504 cm³/mol. The summed E-state index contributed by atoms with van der Waals surface area (Å²) in [6, 6.07) is 7.51. The second kappa shape index (κ2) is 53.8. The van der Waals surface area contributed by atoms with Crippen molar-refractivity contribution in [3.8, 4) is 0 Å². The molecule has 0 spiro atoms. The normalized spacial score (nSPS) is 20.8. The van der Waals surface area contributed by atoms with Crippen molar-refractivity contribution in [3.05, 3.63) is 44.9 Å². The Kier molecular flexibility index (Phi) is 53.8. The predicted octanol–water partition coefficient (Wildman–Crippen LogP) is 21.3. The fraction of sp³-hybridized carbons (Fsp3) is 0.824. The summed E-state index contributed by atoms with van der Waals surface area (Å²) in [6.45, 7) is 81.6. The number of amides is 5. The van der Waals surface area contributed by atoms with Crippen LogP contribution in [0.3, 0.4) is 0 Å². The minimum absolute atomic E-state index is 0. The van der Waals surface area contributed by atoms with Gasteiger partial charge in [0, 0.05) is 19.3 Å². The van der Waals surface area contributed by atoms with Crippen molar-refractivity contribution in [2.75, 3.05) is 33.0 Å². The molecule has 32 heteroatoms. The van der Waals surface area contributed by atoms with Crippen LogP contribution in [0.4, 0.5) is 24.0 Å². The van der Waals surface area contributed by atoms with Gasteiger partial charge < -0.3 is 83.4 Å². The van der Waals surface area contributed by atoms with Crippen LogP contribution in [0.5, 0.6) is 0 Å². The first kappa shape index (κ1) is 123. The largest absolute Gasteiger partial charge is 2.00 e. The molecule has 0 radical (unpaired) electrons. The van der Waals surface area contributed by atoms with E-state index in [-0.39, 0.29) is 103 Å². The molecule has 0 aliphatic carbocycles. The molecular formula is C91H172BrMgN5O22Si3.